The fraction of sp³-hybridized carbons (Fsp3) is 0.417. The van der Waals surface area contributed by atoms with Crippen molar-refractivity contribution >= 4 is 17.2 Å². The molecule has 1 N–H and O–H groups in total. The van der Waals surface area contributed by atoms with Crippen molar-refractivity contribution < 1.29 is 4.74 Å². The van der Waals surface area contributed by atoms with E-state index >= 15 is 0 Å². The van der Waals surface area contributed by atoms with Gasteiger partial charge in [0.1, 0.15) is 6.10 Å². The van der Waals surface area contributed by atoms with Gasteiger partial charge in [-0.15, -0.1) is 0 Å². The Kier molecular flexibility index (Phi) is 2.68. The van der Waals surface area contributed by atoms with Crippen LogP contribution in [0.3, 0.4) is 0 Å². The van der Waals surface area contributed by atoms with E-state index < -0.39 is 0 Å². The van der Waals surface area contributed by atoms with E-state index in [2.05, 4.69) is 17.2 Å². The number of pyridine rings is 1. The number of aromatic nitrogens is 2. The van der Waals surface area contributed by atoms with Gasteiger partial charge in [0.05, 0.1) is 5.02 Å². The van der Waals surface area contributed by atoms with Crippen molar-refractivity contribution in [2.45, 2.75) is 25.5 Å². The van der Waals surface area contributed by atoms with Crippen LogP contribution in [-0.2, 0) is 0 Å². The molecule has 0 radical (unpaired) electrons. The molecule has 17 heavy (non-hydrogen) atoms. The number of nitrogens with one attached hydrogen (secondary N) is 1. The Labute approximate surface area is 105 Å². The van der Waals surface area contributed by atoms with Crippen LogP contribution in [0.5, 0.6) is 5.75 Å². The highest BCUT2D eigenvalue weighted by molar-refractivity contribution is 6.32. The van der Waals surface area contributed by atoms with Gasteiger partial charge >= 0.3 is 0 Å². The van der Waals surface area contributed by atoms with Gasteiger partial charge < -0.3 is 14.5 Å². The van der Waals surface area contributed by atoms with Crippen LogP contribution < -0.4 is 10.1 Å². The molecule has 5 heteroatoms. The SMILES string of the molecule is C[C@H]1C[C@@H](Oc2c(Cl)ccn3ccnc23)CN1. The van der Waals surface area contributed by atoms with Crippen LogP contribution in [0, 0.1) is 0 Å². The molecule has 1 saturated heterocycles. The van der Waals surface area contributed by atoms with Crippen molar-refractivity contribution in [2.75, 3.05) is 6.54 Å². The van der Waals surface area contributed by atoms with Gasteiger partial charge in [0.25, 0.3) is 0 Å². The van der Waals surface area contributed by atoms with E-state index in [1.807, 2.05) is 22.9 Å². The first-order valence-electron chi connectivity index (χ1n) is 5.75. The summed E-state index contributed by atoms with van der Waals surface area (Å²) < 4.78 is 7.88. The molecular weight excluding hydrogens is 238 g/mol. The smallest absolute Gasteiger partial charge is 0.181 e. The predicted molar refractivity (Wildman–Crippen MR) is 66.7 cm³/mol. The molecule has 1 fully saturated rings. The topological polar surface area (TPSA) is 38.6 Å². The number of rotatable bonds is 2. The molecule has 0 bridgehead atoms. The molecule has 4 nitrogen and oxygen atoms in total. The highest BCUT2D eigenvalue weighted by Crippen LogP contribution is 2.30. The Balaban J connectivity index is 1.93. The fourth-order valence-electron chi connectivity index (χ4n) is 2.20. The summed E-state index contributed by atoms with van der Waals surface area (Å²) in [6.07, 6.45) is 6.68. The van der Waals surface area contributed by atoms with E-state index in [1.165, 1.54) is 0 Å². The van der Waals surface area contributed by atoms with Crippen molar-refractivity contribution in [1.82, 2.24) is 14.7 Å². The number of ether oxygens (including phenoxy) is 1. The summed E-state index contributed by atoms with van der Waals surface area (Å²) in [5.74, 6) is 0.681. The van der Waals surface area contributed by atoms with E-state index in [-0.39, 0.29) is 6.10 Å². The summed E-state index contributed by atoms with van der Waals surface area (Å²) in [5, 5.41) is 3.97. The minimum absolute atomic E-state index is 0.172. The summed E-state index contributed by atoms with van der Waals surface area (Å²) in [6, 6.07) is 2.33. The van der Waals surface area contributed by atoms with Gasteiger partial charge in [-0.1, -0.05) is 11.6 Å². The van der Waals surface area contributed by atoms with Crippen LogP contribution >= 0.6 is 11.6 Å². The molecule has 3 heterocycles. The summed E-state index contributed by atoms with van der Waals surface area (Å²) in [7, 11) is 0. The molecule has 1 aliphatic rings. The lowest BCUT2D eigenvalue weighted by Crippen LogP contribution is -2.21. The molecule has 0 spiro atoms. The average molecular weight is 252 g/mol. The van der Waals surface area contributed by atoms with Crippen molar-refractivity contribution in [2.24, 2.45) is 0 Å². The first-order valence-corrected chi connectivity index (χ1v) is 6.13. The molecule has 2 aromatic rings. The van der Waals surface area contributed by atoms with E-state index in [1.54, 1.807) is 6.20 Å². The molecule has 0 saturated carbocycles. The molecule has 3 rings (SSSR count). The molecule has 0 aromatic carbocycles. The highest BCUT2D eigenvalue weighted by atomic mass is 35.5. The third-order valence-electron chi connectivity index (χ3n) is 3.07. The highest BCUT2D eigenvalue weighted by Gasteiger charge is 2.24. The Hall–Kier alpha value is -1.26. The fourth-order valence-corrected chi connectivity index (χ4v) is 2.38. The maximum atomic E-state index is 6.18. The lowest BCUT2D eigenvalue weighted by Gasteiger charge is -2.14. The van der Waals surface area contributed by atoms with E-state index in [0.717, 1.165) is 18.6 Å². The second kappa shape index (κ2) is 4.20. The van der Waals surface area contributed by atoms with Gasteiger partial charge in [-0.2, -0.15) is 0 Å². The number of imidazole rings is 1. The van der Waals surface area contributed by atoms with Crippen LogP contribution in [-0.4, -0.2) is 28.1 Å². The van der Waals surface area contributed by atoms with Gasteiger partial charge in [0.15, 0.2) is 11.4 Å². The summed E-state index contributed by atoms with van der Waals surface area (Å²) in [6.45, 7) is 3.01. The van der Waals surface area contributed by atoms with Crippen molar-refractivity contribution in [3.05, 3.63) is 29.7 Å². The summed E-state index contributed by atoms with van der Waals surface area (Å²) in [4.78, 5) is 4.27. The Bertz CT molecular complexity index is 540. The predicted octanol–water partition coefficient (Wildman–Crippen LogP) is 2.12. The average Bonchev–Trinajstić information content (AvgIpc) is 2.91. The van der Waals surface area contributed by atoms with Crippen molar-refractivity contribution in [3.8, 4) is 5.75 Å². The van der Waals surface area contributed by atoms with Gasteiger partial charge in [-0.3, -0.25) is 0 Å². The zero-order valence-corrected chi connectivity index (χ0v) is 10.3. The maximum Gasteiger partial charge on any atom is 0.181 e. The van der Waals surface area contributed by atoms with Crippen LogP contribution in [0.15, 0.2) is 24.7 Å². The van der Waals surface area contributed by atoms with E-state index in [9.17, 15) is 0 Å². The van der Waals surface area contributed by atoms with Gasteiger partial charge in [-0.05, 0) is 13.0 Å². The number of hydrogen-bond acceptors (Lipinski definition) is 3. The third-order valence-corrected chi connectivity index (χ3v) is 3.36. The van der Waals surface area contributed by atoms with Gasteiger partial charge in [-0.25, -0.2) is 4.98 Å². The standard InChI is InChI=1S/C12H14ClN3O/c1-8-6-9(7-15-8)17-11-10(13)2-4-16-5-3-14-12(11)16/h2-5,8-9,15H,6-7H2,1H3/t8-,9+/m0/s1. The zero-order valence-electron chi connectivity index (χ0n) is 9.56. The first kappa shape index (κ1) is 10.9. The monoisotopic (exact) mass is 251 g/mol. The minimum atomic E-state index is 0.172. The minimum Gasteiger partial charge on any atom is -0.484 e. The molecule has 1 aliphatic heterocycles. The van der Waals surface area contributed by atoms with E-state index in [0.29, 0.717) is 16.8 Å². The number of nitrogens with zero attached hydrogens (tertiary/aromatic N) is 2. The lowest BCUT2D eigenvalue weighted by atomic mass is 10.2. The van der Waals surface area contributed by atoms with Crippen LogP contribution in [0.4, 0.5) is 0 Å². The molecule has 2 aromatic heterocycles. The van der Waals surface area contributed by atoms with Crippen LogP contribution in [0.25, 0.3) is 5.65 Å². The quantitative estimate of drug-likeness (QED) is 0.889. The van der Waals surface area contributed by atoms with E-state index in [4.69, 9.17) is 16.3 Å². The summed E-state index contributed by atoms with van der Waals surface area (Å²) in [5.41, 5.74) is 0.775. The Morgan fingerprint density at radius 1 is 1.53 bits per heavy atom. The van der Waals surface area contributed by atoms with Crippen LogP contribution in [0.1, 0.15) is 13.3 Å². The molecule has 90 valence electrons. The summed E-state index contributed by atoms with van der Waals surface area (Å²) >= 11 is 6.18. The number of halogens is 1. The second-order valence-electron chi connectivity index (χ2n) is 4.44. The Morgan fingerprint density at radius 2 is 2.41 bits per heavy atom. The lowest BCUT2D eigenvalue weighted by molar-refractivity contribution is 0.222. The van der Waals surface area contributed by atoms with Crippen LogP contribution in [0.2, 0.25) is 5.02 Å². The molecule has 2 atom stereocenters. The zero-order chi connectivity index (χ0) is 11.8. The number of hydrogen-bond donors (Lipinski definition) is 1. The first-order chi connectivity index (χ1) is 8.24. The molecule has 0 aliphatic carbocycles. The molecule has 0 unspecified atom stereocenters. The van der Waals surface area contributed by atoms with Gasteiger partial charge in [0.2, 0.25) is 0 Å². The van der Waals surface area contributed by atoms with Gasteiger partial charge in [0, 0.05) is 37.6 Å². The Morgan fingerprint density at radius 3 is 3.18 bits per heavy atom. The maximum absolute atomic E-state index is 6.18. The van der Waals surface area contributed by atoms with Crippen molar-refractivity contribution in [3.63, 3.8) is 0 Å². The molecule has 0 amide bonds. The largest absolute Gasteiger partial charge is 0.484 e. The second-order valence-corrected chi connectivity index (χ2v) is 4.84. The normalized spacial score (nSPS) is 24.4. The molecular formula is C12H14ClN3O. The number of fused-ring (bicyclic) bond motifs is 1. The third kappa shape index (κ3) is 1.98. The van der Waals surface area contributed by atoms with Crippen molar-refractivity contribution in [1.29, 1.82) is 0 Å².